The number of carbonyl (C=O) groups excluding carboxylic acids is 2. The van der Waals surface area contributed by atoms with Gasteiger partial charge in [0.2, 0.25) is 5.91 Å². The smallest absolute Gasteiger partial charge is 0.305 e. The van der Waals surface area contributed by atoms with E-state index in [9.17, 15) is 9.59 Å². The Balaban J connectivity index is 2.15. The number of esters is 1. The molecule has 1 amide bonds. The lowest BCUT2D eigenvalue weighted by molar-refractivity contribution is -0.140. The van der Waals surface area contributed by atoms with Crippen molar-refractivity contribution in [1.29, 1.82) is 0 Å². The maximum absolute atomic E-state index is 10.9. The number of carbonyl (C=O) groups is 2. The highest BCUT2D eigenvalue weighted by Crippen LogP contribution is 2.06. The number of methoxy groups -OCH3 is 1. The van der Waals surface area contributed by atoms with Gasteiger partial charge < -0.3 is 15.8 Å². The van der Waals surface area contributed by atoms with Crippen molar-refractivity contribution in [2.45, 2.75) is 25.7 Å². The lowest BCUT2D eigenvalue weighted by atomic mass is 10.2. The summed E-state index contributed by atoms with van der Waals surface area (Å²) >= 11 is 0. The molecule has 0 aliphatic rings. The maximum atomic E-state index is 10.9. The molecular weight excluding hydrogens is 246 g/mol. The third-order valence-corrected chi connectivity index (χ3v) is 2.64. The summed E-state index contributed by atoms with van der Waals surface area (Å²) in [5.74, 6) is 0.0523. The highest BCUT2D eigenvalue weighted by molar-refractivity contribution is 5.92. The Morgan fingerprint density at radius 2 is 2.11 bits per heavy atom. The summed E-state index contributed by atoms with van der Waals surface area (Å²) in [5, 5.41) is 3.13. The Kier molecular flexibility index (Phi) is 6.35. The first-order chi connectivity index (χ1) is 9.13. The molecule has 0 fully saturated rings. The van der Waals surface area contributed by atoms with Gasteiger partial charge in [0.25, 0.3) is 0 Å². The molecule has 1 heterocycles. The largest absolute Gasteiger partial charge is 0.469 e. The number of hydrogen-bond donors (Lipinski definition) is 2. The van der Waals surface area contributed by atoms with Crippen LogP contribution in [-0.2, 0) is 9.53 Å². The van der Waals surface area contributed by atoms with Crippen LogP contribution in [0, 0.1) is 0 Å². The van der Waals surface area contributed by atoms with Crippen molar-refractivity contribution in [3.63, 3.8) is 0 Å². The van der Waals surface area contributed by atoms with Crippen molar-refractivity contribution in [1.82, 2.24) is 4.98 Å². The van der Waals surface area contributed by atoms with Gasteiger partial charge in [-0.1, -0.05) is 6.42 Å². The summed E-state index contributed by atoms with van der Waals surface area (Å²) in [6.45, 7) is 0.768. The Morgan fingerprint density at radius 1 is 1.32 bits per heavy atom. The summed E-state index contributed by atoms with van der Waals surface area (Å²) in [6, 6.07) is 3.35. The third-order valence-electron chi connectivity index (χ3n) is 2.64. The van der Waals surface area contributed by atoms with Gasteiger partial charge in [-0.2, -0.15) is 0 Å². The first kappa shape index (κ1) is 14.9. The molecule has 0 aromatic carbocycles. The van der Waals surface area contributed by atoms with Crippen LogP contribution in [0.3, 0.4) is 0 Å². The lowest BCUT2D eigenvalue weighted by Gasteiger charge is -2.05. The molecule has 6 heteroatoms. The molecule has 1 aromatic rings. The van der Waals surface area contributed by atoms with Crippen molar-refractivity contribution in [3.8, 4) is 0 Å². The van der Waals surface area contributed by atoms with E-state index in [0.717, 1.165) is 25.8 Å². The zero-order valence-corrected chi connectivity index (χ0v) is 11.0. The minimum Gasteiger partial charge on any atom is -0.469 e. The second kappa shape index (κ2) is 8.07. The SMILES string of the molecule is COC(=O)CCCCCNc1ccc(C(N)=O)cn1. The molecule has 0 bridgehead atoms. The number of nitrogens with zero attached hydrogens (tertiary/aromatic N) is 1. The summed E-state index contributed by atoms with van der Waals surface area (Å²) in [5.41, 5.74) is 5.51. The van der Waals surface area contributed by atoms with Gasteiger partial charge in [0, 0.05) is 19.2 Å². The first-order valence-corrected chi connectivity index (χ1v) is 6.20. The fourth-order valence-corrected chi connectivity index (χ4v) is 1.53. The summed E-state index contributed by atoms with van der Waals surface area (Å²) in [6.07, 6.45) is 4.62. The van der Waals surface area contributed by atoms with E-state index in [1.54, 1.807) is 12.1 Å². The van der Waals surface area contributed by atoms with Crippen LogP contribution in [0.2, 0.25) is 0 Å². The fraction of sp³-hybridized carbons (Fsp3) is 0.462. The van der Waals surface area contributed by atoms with Crippen molar-refractivity contribution in [2.24, 2.45) is 5.73 Å². The fourth-order valence-electron chi connectivity index (χ4n) is 1.53. The van der Waals surface area contributed by atoms with Gasteiger partial charge in [-0.3, -0.25) is 9.59 Å². The van der Waals surface area contributed by atoms with Crippen molar-refractivity contribution in [3.05, 3.63) is 23.9 Å². The predicted octanol–water partition coefficient (Wildman–Crippen LogP) is 1.33. The highest BCUT2D eigenvalue weighted by atomic mass is 16.5. The zero-order valence-electron chi connectivity index (χ0n) is 11.0. The van der Waals surface area contributed by atoms with Crippen LogP contribution in [0.4, 0.5) is 5.82 Å². The average molecular weight is 265 g/mol. The van der Waals surface area contributed by atoms with Crippen molar-refractivity contribution < 1.29 is 14.3 Å². The van der Waals surface area contributed by atoms with Crippen LogP contribution in [0.5, 0.6) is 0 Å². The molecule has 6 nitrogen and oxygen atoms in total. The molecule has 104 valence electrons. The predicted molar refractivity (Wildman–Crippen MR) is 71.7 cm³/mol. The third kappa shape index (κ3) is 5.85. The van der Waals surface area contributed by atoms with Crippen LogP contribution in [0.15, 0.2) is 18.3 Å². The van der Waals surface area contributed by atoms with Crippen molar-refractivity contribution in [2.75, 3.05) is 19.0 Å². The number of primary amides is 1. The van der Waals surface area contributed by atoms with Crippen LogP contribution < -0.4 is 11.1 Å². The van der Waals surface area contributed by atoms with Crippen LogP contribution in [-0.4, -0.2) is 30.5 Å². The van der Waals surface area contributed by atoms with Crippen molar-refractivity contribution >= 4 is 17.7 Å². The quantitative estimate of drug-likeness (QED) is 0.546. The Morgan fingerprint density at radius 3 is 2.68 bits per heavy atom. The molecular formula is C13H19N3O3. The highest BCUT2D eigenvalue weighted by Gasteiger charge is 2.01. The second-order valence-corrected chi connectivity index (χ2v) is 4.11. The monoisotopic (exact) mass is 265 g/mol. The molecule has 1 aromatic heterocycles. The molecule has 0 unspecified atom stereocenters. The van der Waals surface area contributed by atoms with Gasteiger partial charge >= 0.3 is 5.97 Å². The number of rotatable bonds is 8. The molecule has 0 saturated carbocycles. The van der Waals surface area contributed by atoms with Crippen LogP contribution >= 0.6 is 0 Å². The summed E-state index contributed by atoms with van der Waals surface area (Å²) in [4.78, 5) is 25.8. The number of ether oxygens (including phenoxy) is 1. The Labute approximate surface area is 112 Å². The number of anilines is 1. The van der Waals surface area contributed by atoms with E-state index in [0.29, 0.717) is 17.8 Å². The van der Waals surface area contributed by atoms with E-state index >= 15 is 0 Å². The molecule has 0 radical (unpaired) electrons. The lowest BCUT2D eigenvalue weighted by Crippen LogP contribution is -2.11. The number of aromatic nitrogens is 1. The molecule has 0 aliphatic carbocycles. The number of amides is 1. The second-order valence-electron chi connectivity index (χ2n) is 4.11. The number of nitrogens with two attached hydrogens (primary N) is 1. The van der Waals surface area contributed by atoms with Gasteiger partial charge in [0.05, 0.1) is 12.7 Å². The van der Waals surface area contributed by atoms with Gasteiger partial charge in [0.15, 0.2) is 0 Å². The summed E-state index contributed by atoms with van der Waals surface area (Å²) in [7, 11) is 1.39. The average Bonchev–Trinajstić information content (AvgIpc) is 2.42. The normalized spacial score (nSPS) is 9.95. The van der Waals surface area contributed by atoms with E-state index < -0.39 is 5.91 Å². The summed E-state index contributed by atoms with van der Waals surface area (Å²) < 4.78 is 4.55. The number of pyridine rings is 1. The van der Waals surface area contributed by atoms with Gasteiger partial charge in [0.1, 0.15) is 5.82 Å². The van der Waals surface area contributed by atoms with E-state index in [4.69, 9.17) is 5.73 Å². The topological polar surface area (TPSA) is 94.3 Å². The first-order valence-electron chi connectivity index (χ1n) is 6.20. The minimum atomic E-state index is -0.484. The zero-order chi connectivity index (χ0) is 14.1. The molecule has 0 atom stereocenters. The van der Waals surface area contributed by atoms with E-state index in [2.05, 4.69) is 15.0 Å². The van der Waals surface area contributed by atoms with E-state index in [1.165, 1.54) is 13.3 Å². The Bertz CT molecular complexity index is 418. The molecule has 0 spiro atoms. The molecule has 1 rings (SSSR count). The van der Waals surface area contributed by atoms with Gasteiger partial charge in [-0.25, -0.2) is 4.98 Å². The van der Waals surface area contributed by atoms with Crippen LogP contribution in [0.25, 0.3) is 0 Å². The molecule has 0 aliphatic heterocycles. The number of hydrogen-bond acceptors (Lipinski definition) is 5. The van der Waals surface area contributed by atoms with Gasteiger partial charge in [-0.05, 0) is 25.0 Å². The standard InChI is InChI=1S/C13H19N3O3/c1-19-12(17)5-3-2-4-8-15-11-7-6-10(9-16-11)13(14)18/h6-7,9H,2-5,8H2,1H3,(H2,14,18)(H,15,16). The maximum Gasteiger partial charge on any atom is 0.305 e. The molecule has 19 heavy (non-hydrogen) atoms. The van der Waals surface area contributed by atoms with E-state index in [-0.39, 0.29) is 5.97 Å². The van der Waals surface area contributed by atoms with E-state index in [1.807, 2.05) is 0 Å². The Hall–Kier alpha value is -2.11. The number of unbranched alkanes of at least 4 members (excludes halogenated alkanes) is 2. The number of nitrogens with one attached hydrogen (secondary N) is 1. The molecule has 3 N–H and O–H groups in total. The van der Waals surface area contributed by atoms with Crippen LogP contribution in [0.1, 0.15) is 36.0 Å². The minimum absolute atomic E-state index is 0.170. The molecule has 0 saturated heterocycles. The van der Waals surface area contributed by atoms with Gasteiger partial charge in [-0.15, -0.1) is 0 Å².